The fraction of sp³-hybridized carbons (Fsp3) is 0.381. The van der Waals surface area contributed by atoms with Gasteiger partial charge in [-0.15, -0.1) is 11.8 Å². The third-order valence-electron chi connectivity index (χ3n) is 6.59. The minimum Gasteiger partial charge on any atom is -0.460 e. The lowest BCUT2D eigenvalue weighted by molar-refractivity contribution is 0.285. The number of nitrogens with one attached hydrogen (secondary N) is 1. The zero-order valence-corrected chi connectivity index (χ0v) is 17.9. The molecule has 3 aromatic rings. The van der Waals surface area contributed by atoms with Crippen LogP contribution in [-0.2, 0) is 0 Å². The highest BCUT2D eigenvalue weighted by molar-refractivity contribution is 8.00. The largest absolute Gasteiger partial charge is 0.460 e. The van der Waals surface area contributed by atoms with Crippen LogP contribution in [-0.4, -0.2) is 10.2 Å². The molecule has 1 aromatic carbocycles. The van der Waals surface area contributed by atoms with E-state index in [0.717, 1.165) is 38.8 Å². The highest BCUT2D eigenvalue weighted by atomic mass is 35.5. The van der Waals surface area contributed by atoms with Crippen LogP contribution in [0.25, 0.3) is 11.3 Å². The molecule has 2 aromatic heterocycles. The third kappa shape index (κ3) is 2.59. The van der Waals surface area contributed by atoms with Gasteiger partial charge in [-0.2, -0.15) is 0 Å². The van der Waals surface area contributed by atoms with Crippen molar-refractivity contribution >= 4 is 46.3 Å². The second-order valence-corrected chi connectivity index (χ2v) is 11.1. The highest BCUT2D eigenvalue weighted by Crippen LogP contribution is 2.63. The molecule has 2 saturated carbocycles. The lowest BCUT2D eigenvalue weighted by Crippen LogP contribution is -2.33. The molecule has 3 heterocycles. The Morgan fingerprint density at radius 2 is 1.96 bits per heavy atom. The van der Waals surface area contributed by atoms with Gasteiger partial charge in [-0.1, -0.05) is 34.5 Å². The van der Waals surface area contributed by atoms with Crippen molar-refractivity contribution in [3.63, 3.8) is 0 Å². The summed E-state index contributed by atoms with van der Waals surface area (Å²) in [6.45, 7) is 0. The van der Waals surface area contributed by atoms with Crippen LogP contribution in [0.5, 0.6) is 0 Å². The van der Waals surface area contributed by atoms with Crippen LogP contribution in [0.2, 0.25) is 10.0 Å². The van der Waals surface area contributed by atoms with Crippen LogP contribution >= 0.6 is 46.3 Å². The summed E-state index contributed by atoms with van der Waals surface area (Å²) in [6.07, 6.45) is 3.92. The zero-order chi connectivity index (χ0) is 19.0. The number of fused-ring (bicyclic) bond motifs is 6. The van der Waals surface area contributed by atoms with E-state index in [2.05, 4.69) is 11.1 Å². The summed E-state index contributed by atoms with van der Waals surface area (Å²) in [6, 6.07) is 9.44. The molecule has 2 aliphatic carbocycles. The standard InChI is InChI=1S/C21H17Cl2NO2S2/c22-11-3-4-13(23)12(8-11)14-5-6-15(26-14)17-16-9-1-2-10(7-9)18(16)27-20-19(17)28-21(25)24-20/h3-6,8-10,16-18H,1-2,7H2,(H,24,25)/t9-,10-,16-,17+,18+/m1/s1. The number of H-pyrrole nitrogens is 1. The summed E-state index contributed by atoms with van der Waals surface area (Å²) in [5.74, 6) is 3.83. The highest BCUT2D eigenvalue weighted by Gasteiger charge is 2.55. The molecule has 3 nitrogen and oxygen atoms in total. The first-order valence-electron chi connectivity index (χ1n) is 9.53. The summed E-state index contributed by atoms with van der Waals surface area (Å²) in [7, 11) is 0. The number of rotatable bonds is 2. The Kier molecular flexibility index (Phi) is 4.06. The Labute approximate surface area is 180 Å². The summed E-state index contributed by atoms with van der Waals surface area (Å²) < 4.78 is 6.37. The number of hydrogen-bond acceptors (Lipinski definition) is 4. The summed E-state index contributed by atoms with van der Waals surface area (Å²) in [5, 5.41) is 2.87. The molecule has 3 aliphatic rings. The molecule has 5 atom stereocenters. The van der Waals surface area contributed by atoms with Crippen LogP contribution in [0.4, 0.5) is 0 Å². The molecule has 7 heteroatoms. The summed E-state index contributed by atoms with van der Waals surface area (Å²) >= 11 is 15.8. The van der Waals surface area contributed by atoms with E-state index in [1.807, 2.05) is 23.9 Å². The Hall–Kier alpha value is -1.14. The normalized spacial score (nSPS) is 30.4. The molecular formula is C21H17Cl2NO2S2. The average molecular weight is 450 g/mol. The van der Waals surface area contributed by atoms with Gasteiger partial charge in [0.25, 0.3) is 0 Å². The van der Waals surface area contributed by atoms with E-state index in [9.17, 15) is 4.79 Å². The van der Waals surface area contributed by atoms with Crippen molar-refractivity contribution in [2.45, 2.75) is 35.5 Å². The van der Waals surface area contributed by atoms with E-state index in [1.165, 1.54) is 30.6 Å². The first kappa shape index (κ1) is 17.7. The number of benzene rings is 1. The molecule has 28 heavy (non-hydrogen) atoms. The number of furan rings is 1. The Morgan fingerprint density at radius 3 is 2.86 bits per heavy atom. The van der Waals surface area contributed by atoms with E-state index in [0.29, 0.717) is 21.2 Å². The monoisotopic (exact) mass is 449 g/mol. The van der Waals surface area contributed by atoms with E-state index in [-0.39, 0.29) is 10.8 Å². The molecule has 0 radical (unpaired) electrons. The number of hydrogen-bond donors (Lipinski definition) is 1. The first-order valence-corrected chi connectivity index (χ1v) is 12.0. The van der Waals surface area contributed by atoms with Gasteiger partial charge < -0.3 is 9.40 Å². The number of aromatic amines is 1. The van der Waals surface area contributed by atoms with E-state index in [4.69, 9.17) is 27.6 Å². The van der Waals surface area contributed by atoms with E-state index >= 15 is 0 Å². The van der Waals surface area contributed by atoms with Crippen LogP contribution in [0.3, 0.4) is 0 Å². The topological polar surface area (TPSA) is 46.0 Å². The van der Waals surface area contributed by atoms with Gasteiger partial charge >= 0.3 is 4.87 Å². The van der Waals surface area contributed by atoms with Gasteiger partial charge in [0.2, 0.25) is 0 Å². The molecular weight excluding hydrogens is 433 g/mol. The minimum atomic E-state index is 0.0273. The predicted octanol–water partition coefficient (Wildman–Crippen LogP) is 6.66. The smallest absolute Gasteiger partial charge is 0.305 e. The van der Waals surface area contributed by atoms with Crippen molar-refractivity contribution in [3.05, 3.63) is 60.7 Å². The SMILES string of the molecule is O=c1[nH]c2c(s1)[C@@H](c1ccc(-c3cc(Cl)ccc3Cl)o1)[C@H]1[C@@H]3CC[C@H](C3)[C@@H]1S2. The third-order valence-corrected chi connectivity index (χ3v) is 9.78. The minimum absolute atomic E-state index is 0.0273. The Bertz CT molecular complexity index is 1130. The molecule has 1 aliphatic heterocycles. The number of thioether (sulfide) groups is 1. The van der Waals surface area contributed by atoms with Crippen molar-refractivity contribution in [1.29, 1.82) is 0 Å². The molecule has 0 spiro atoms. The fourth-order valence-corrected chi connectivity index (χ4v) is 8.78. The van der Waals surface area contributed by atoms with Gasteiger partial charge in [0, 0.05) is 15.8 Å². The molecule has 1 N–H and O–H groups in total. The second-order valence-electron chi connectivity index (χ2n) is 8.00. The number of halogens is 2. The maximum atomic E-state index is 12.1. The van der Waals surface area contributed by atoms with Gasteiger partial charge in [0.05, 0.1) is 20.8 Å². The number of thiazole rings is 1. The van der Waals surface area contributed by atoms with Crippen LogP contribution in [0.1, 0.15) is 35.8 Å². The first-order chi connectivity index (χ1) is 13.6. The molecule has 144 valence electrons. The second kappa shape index (κ2) is 6.43. The van der Waals surface area contributed by atoms with Gasteiger partial charge in [-0.05, 0) is 67.3 Å². The Morgan fingerprint density at radius 1 is 1.11 bits per heavy atom. The molecule has 2 fully saturated rings. The lowest BCUT2D eigenvalue weighted by Gasteiger charge is -2.38. The van der Waals surface area contributed by atoms with Gasteiger partial charge in [0.1, 0.15) is 11.5 Å². The lowest BCUT2D eigenvalue weighted by atomic mass is 9.77. The number of aromatic nitrogens is 1. The molecule has 0 unspecified atom stereocenters. The quantitative estimate of drug-likeness (QED) is 0.475. The molecule has 0 amide bonds. The summed E-state index contributed by atoms with van der Waals surface area (Å²) in [4.78, 5) is 16.4. The van der Waals surface area contributed by atoms with Crippen LogP contribution in [0, 0.1) is 17.8 Å². The van der Waals surface area contributed by atoms with Crippen molar-refractivity contribution in [2.24, 2.45) is 17.8 Å². The van der Waals surface area contributed by atoms with E-state index in [1.54, 1.807) is 12.1 Å². The van der Waals surface area contributed by atoms with Crippen molar-refractivity contribution in [3.8, 4) is 11.3 Å². The van der Waals surface area contributed by atoms with Crippen LogP contribution in [0.15, 0.2) is 44.6 Å². The van der Waals surface area contributed by atoms with Crippen molar-refractivity contribution in [1.82, 2.24) is 4.98 Å². The van der Waals surface area contributed by atoms with Gasteiger partial charge in [-0.25, -0.2) is 0 Å². The van der Waals surface area contributed by atoms with Crippen LogP contribution < -0.4 is 4.87 Å². The van der Waals surface area contributed by atoms with E-state index < -0.39 is 0 Å². The maximum absolute atomic E-state index is 12.1. The van der Waals surface area contributed by atoms with Gasteiger partial charge in [0.15, 0.2) is 0 Å². The zero-order valence-electron chi connectivity index (χ0n) is 14.8. The predicted molar refractivity (Wildman–Crippen MR) is 115 cm³/mol. The average Bonchev–Trinajstić information content (AvgIpc) is 3.44. The Balaban J connectivity index is 1.47. The maximum Gasteiger partial charge on any atom is 0.305 e. The van der Waals surface area contributed by atoms with Crippen molar-refractivity contribution < 1.29 is 4.42 Å². The fourth-order valence-electron chi connectivity index (χ4n) is 5.52. The molecule has 2 bridgehead atoms. The van der Waals surface area contributed by atoms with Crippen molar-refractivity contribution in [2.75, 3.05) is 0 Å². The molecule has 0 saturated heterocycles. The van der Waals surface area contributed by atoms with Gasteiger partial charge in [-0.3, -0.25) is 4.79 Å². The molecule has 6 rings (SSSR count). The summed E-state index contributed by atoms with van der Waals surface area (Å²) in [5.41, 5.74) is 0.803.